The Kier molecular flexibility index (Phi) is 7.77. The number of hydrazone groups is 1. The minimum atomic E-state index is -0.811. The fraction of sp³-hybridized carbons (Fsp3) is 0.286. The van der Waals surface area contributed by atoms with Gasteiger partial charge in [-0.3, -0.25) is 9.59 Å². The van der Waals surface area contributed by atoms with E-state index in [2.05, 4.69) is 31.8 Å². The first kappa shape index (κ1) is 21.0. The van der Waals surface area contributed by atoms with Gasteiger partial charge in [0.15, 0.2) is 0 Å². The van der Waals surface area contributed by atoms with E-state index >= 15 is 0 Å². The fourth-order valence-corrected chi connectivity index (χ4v) is 2.97. The van der Waals surface area contributed by atoms with E-state index < -0.39 is 11.8 Å². The van der Waals surface area contributed by atoms with Gasteiger partial charge >= 0.3 is 11.8 Å². The summed E-state index contributed by atoms with van der Waals surface area (Å²) >= 11 is 3.40. The average molecular weight is 460 g/mol. The molecule has 7 nitrogen and oxygen atoms in total. The number of hydrogen-bond donors (Lipinski definition) is 2. The summed E-state index contributed by atoms with van der Waals surface area (Å²) in [6.07, 6.45) is 3.32. The molecule has 2 aromatic carbocycles. The molecule has 1 heterocycles. The van der Waals surface area contributed by atoms with E-state index in [-0.39, 0.29) is 6.10 Å². The lowest BCUT2D eigenvalue weighted by atomic mass is 10.2. The van der Waals surface area contributed by atoms with Gasteiger partial charge < -0.3 is 14.8 Å². The van der Waals surface area contributed by atoms with Gasteiger partial charge in [0.1, 0.15) is 12.4 Å². The lowest BCUT2D eigenvalue weighted by Crippen LogP contribution is -2.41. The van der Waals surface area contributed by atoms with Crippen molar-refractivity contribution in [1.29, 1.82) is 0 Å². The summed E-state index contributed by atoms with van der Waals surface area (Å²) in [5.74, 6) is -0.814. The molecule has 0 saturated carbocycles. The van der Waals surface area contributed by atoms with Crippen LogP contribution in [0.1, 0.15) is 24.0 Å². The van der Waals surface area contributed by atoms with Crippen molar-refractivity contribution in [1.82, 2.24) is 10.7 Å². The van der Waals surface area contributed by atoms with Crippen molar-refractivity contribution < 1.29 is 19.1 Å². The van der Waals surface area contributed by atoms with Gasteiger partial charge in [0, 0.05) is 17.6 Å². The second kappa shape index (κ2) is 10.7. The molecule has 0 spiro atoms. The lowest BCUT2D eigenvalue weighted by Gasteiger charge is -2.09. The Bertz CT molecular complexity index is 847. The van der Waals surface area contributed by atoms with E-state index in [9.17, 15) is 9.59 Å². The van der Waals surface area contributed by atoms with Gasteiger partial charge in [-0.2, -0.15) is 5.10 Å². The molecule has 1 saturated heterocycles. The third kappa shape index (κ3) is 6.99. The Morgan fingerprint density at radius 1 is 1.14 bits per heavy atom. The molecule has 0 bridgehead atoms. The normalized spacial score (nSPS) is 16.0. The number of hydrogen-bond acceptors (Lipinski definition) is 5. The van der Waals surface area contributed by atoms with Gasteiger partial charge in [-0.05, 0) is 60.4 Å². The summed E-state index contributed by atoms with van der Waals surface area (Å²) in [7, 11) is 0. The Balaban J connectivity index is 1.40. The molecule has 1 fully saturated rings. The van der Waals surface area contributed by atoms with E-state index in [1.165, 1.54) is 6.21 Å². The molecule has 2 N–H and O–H groups in total. The maximum atomic E-state index is 11.7. The van der Waals surface area contributed by atoms with Crippen molar-refractivity contribution in [2.45, 2.75) is 25.6 Å². The SMILES string of the molecule is O=C(NCC1CCCO1)C(=O)N/N=C/c1ccc(OCc2ccc(Br)cc2)cc1. The summed E-state index contributed by atoms with van der Waals surface area (Å²) in [6, 6.07) is 15.2. The summed E-state index contributed by atoms with van der Waals surface area (Å²) in [5.41, 5.74) is 4.05. The minimum absolute atomic E-state index is 0.0141. The second-order valence-corrected chi connectivity index (χ2v) is 7.44. The molecule has 8 heteroatoms. The molecule has 0 aliphatic carbocycles. The van der Waals surface area contributed by atoms with Gasteiger partial charge in [-0.1, -0.05) is 28.1 Å². The number of nitrogens with zero attached hydrogens (tertiary/aromatic N) is 1. The minimum Gasteiger partial charge on any atom is -0.489 e. The van der Waals surface area contributed by atoms with Crippen LogP contribution in [0, 0.1) is 0 Å². The molecule has 2 aromatic rings. The first-order valence-corrected chi connectivity index (χ1v) is 10.1. The van der Waals surface area contributed by atoms with Gasteiger partial charge in [0.05, 0.1) is 12.3 Å². The fourth-order valence-electron chi connectivity index (χ4n) is 2.71. The van der Waals surface area contributed by atoms with E-state index in [0.29, 0.717) is 19.8 Å². The summed E-state index contributed by atoms with van der Waals surface area (Å²) in [4.78, 5) is 23.5. The molecule has 29 heavy (non-hydrogen) atoms. The highest BCUT2D eigenvalue weighted by atomic mass is 79.9. The Morgan fingerprint density at radius 3 is 2.59 bits per heavy atom. The summed E-state index contributed by atoms with van der Waals surface area (Å²) in [6.45, 7) is 1.50. The van der Waals surface area contributed by atoms with Crippen LogP contribution in [-0.4, -0.2) is 37.3 Å². The van der Waals surface area contributed by atoms with Crippen LogP contribution in [0.4, 0.5) is 0 Å². The number of ether oxygens (including phenoxy) is 2. The summed E-state index contributed by atoms with van der Waals surface area (Å²) < 4.78 is 12.2. The Morgan fingerprint density at radius 2 is 1.90 bits per heavy atom. The van der Waals surface area contributed by atoms with Crippen LogP contribution in [0.5, 0.6) is 5.75 Å². The smallest absolute Gasteiger partial charge is 0.329 e. The maximum absolute atomic E-state index is 11.7. The first-order chi connectivity index (χ1) is 14.1. The standard InChI is InChI=1S/C21H22BrN3O4/c22-17-7-3-16(4-8-17)14-29-18-9-5-15(6-10-18)12-24-25-21(27)20(26)23-13-19-2-1-11-28-19/h3-10,12,19H,1-2,11,13-14H2,(H,23,26)(H,25,27)/b24-12+. The zero-order valence-electron chi connectivity index (χ0n) is 15.8. The molecule has 1 aliphatic rings. The third-order valence-corrected chi connectivity index (χ3v) is 4.83. The number of carbonyl (C=O) groups is 2. The Labute approximate surface area is 177 Å². The molecule has 152 valence electrons. The van der Waals surface area contributed by atoms with Gasteiger partial charge in [0.25, 0.3) is 0 Å². The quantitative estimate of drug-likeness (QED) is 0.378. The number of benzene rings is 2. The molecule has 2 amide bonds. The van der Waals surface area contributed by atoms with E-state index in [1.807, 2.05) is 48.5 Å². The Hall–Kier alpha value is -2.71. The van der Waals surface area contributed by atoms with Crippen molar-refractivity contribution in [2.75, 3.05) is 13.2 Å². The number of carbonyl (C=O) groups excluding carboxylic acids is 2. The van der Waals surface area contributed by atoms with Crippen molar-refractivity contribution in [3.05, 3.63) is 64.1 Å². The number of halogens is 1. The third-order valence-electron chi connectivity index (χ3n) is 4.30. The first-order valence-electron chi connectivity index (χ1n) is 9.30. The number of amides is 2. The average Bonchev–Trinajstić information content (AvgIpc) is 3.26. The van der Waals surface area contributed by atoms with Crippen LogP contribution in [0.3, 0.4) is 0 Å². The maximum Gasteiger partial charge on any atom is 0.329 e. The summed E-state index contributed by atoms with van der Waals surface area (Å²) in [5, 5.41) is 6.35. The predicted octanol–water partition coefficient (Wildman–Crippen LogP) is 2.77. The molecular formula is C21H22BrN3O4. The number of nitrogens with one attached hydrogen (secondary N) is 2. The van der Waals surface area contributed by atoms with Crippen molar-refractivity contribution in [2.24, 2.45) is 5.10 Å². The van der Waals surface area contributed by atoms with Crippen molar-refractivity contribution >= 4 is 34.0 Å². The number of rotatable bonds is 7. The van der Waals surface area contributed by atoms with E-state index in [1.54, 1.807) is 0 Å². The molecule has 0 aromatic heterocycles. The molecule has 1 atom stereocenters. The zero-order chi connectivity index (χ0) is 20.5. The van der Waals surface area contributed by atoms with Crippen LogP contribution >= 0.6 is 15.9 Å². The lowest BCUT2D eigenvalue weighted by molar-refractivity contribution is -0.139. The zero-order valence-corrected chi connectivity index (χ0v) is 17.4. The van der Waals surface area contributed by atoms with Gasteiger partial charge in [-0.15, -0.1) is 0 Å². The topological polar surface area (TPSA) is 89.0 Å². The van der Waals surface area contributed by atoms with Crippen LogP contribution in [0.25, 0.3) is 0 Å². The highest BCUT2D eigenvalue weighted by molar-refractivity contribution is 9.10. The van der Waals surface area contributed by atoms with Crippen molar-refractivity contribution in [3.63, 3.8) is 0 Å². The molecular weight excluding hydrogens is 438 g/mol. The van der Waals surface area contributed by atoms with Crippen LogP contribution < -0.4 is 15.5 Å². The highest BCUT2D eigenvalue weighted by Gasteiger charge is 2.18. The largest absolute Gasteiger partial charge is 0.489 e. The second-order valence-electron chi connectivity index (χ2n) is 6.53. The van der Waals surface area contributed by atoms with Crippen molar-refractivity contribution in [3.8, 4) is 5.75 Å². The van der Waals surface area contributed by atoms with Gasteiger partial charge in [0.2, 0.25) is 0 Å². The van der Waals surface area contributed by atoms with Crippen LogP contribution in [-0.2, 0) is 20.9 Å². The van der Waals surface area contributed by atoms with Crippen LogP contribution in [0.2, 0.25) is 0 Å². The van der Waals surface area contributed by atoms with E-state index in [0.717, 1.165) is 34.2 Å². The highest BCUT2D eigenvalue weighted by Crippen LogP contribution is 2.15. The van der Waals surface area contributed by atoms with E-state index in [4.69, 9.17) is 9.47 Å². The van der Waals surface area contributed by atoms with Gasteiger partial charge in [-0.25, -0.2) is 5.43 Å². The monoisotopic (exact) mass is 459 g/mol. The molecule has 0 radical (unpaired) electrons. The van der Waals surface area contributed by atoms with Crippen LogP contribution in [0.15, 0.2) is 58.1 Å². The molecule has 1 aliphatic heterocycles. The molecule has 3 rings (SSSR count). The predicted molar refractivity (Wildman–Crippen MR) is 113 cm³/mol. The molecule has 1 unspecified atom stereocenters.